The lowest BCUT2D eigenvalue weighted by Crippen LogP contribution is -2.11. The number of halogens is 1. The van der Waals surface area contributed by atoms with Gasteiger partial charge in [-0.15, -0.1) is 0 Å². The van der Waals surface area contributed by atoms with Crippen LogP contribution in [0.15, 0.2) is 16.6 Å². The van der Waals surface area contributed by atoms with Crippen molar-refractivity contribution in [2.75, 3.05) is 7.11 Å². The molecule has 0 N–H and O–H groups in total. The highest BCUT2D eigenvalue weighted by Gasteiger charge is 2.16. The zero-order valence-electron chi connectivity index (χ0n) is 9.44. The fraction of sp³-hybridized carbons (Fsp3) is 0.500. The van der Waals surface area contributed by atoms with E-state index in [-0.39, 0.29) is 5.41 Å². The summed E-state index contributed by atoms with van der Waals surface area (Å²) in [6, 6.07) is 4.31. The van der Waals surface area contributed by atoms with E-state index in [0.29, 0.717) is 0 Å². The third-order valence-corrected chi connectivity index (χ3v) is 2.89. The summed E-state index contributed by atoms with van der Waals surface area (Å²) in [5.41, 5.74) is 2.67. The first-order valence-corrected chi connectivity index (χ1v) is 5.50. The van der Waals surface area contributed by atoms with E-state index in [2.05, 4.69) is 55.8 Å². The van der Waals surface area contributed by atoms with Gasteiger partial charge >= 0.3 is 0 Å². The van der Waals surface area contributed by atoms with Gasteiger partial charge in [0.25, 0.3) is 0 Å². The van der Waals surface area contributed by atoms with Crippen LogP contribution in [0, 0.1) is 6.92 Å². The summed E-state index contributed by atoms with van der Waals surface area (Å²) in [5.74, 6) is 0.929. The molecule has 0 saturated heterocycles. The Morgan fingerprint density at radius 1 is 1.21 bits per heavy atom. The Hall–Kier alpha value is -0.500. The molecule has 1 rings (SSSR count). The minimum Gasteiger partial charge on any atom is -0.495 e. The third kappa shape index (κ3) is 2.30. The first kappa shape index (κ1) is 11.6. The summed E-state index contributed by atoms with van der Waals surface area (Å²) < 4.78 is 6.33. The minimum absolute atomic E-state index is 0.180. The summed E-state index contributed by atoms with van der Waals surface area (Å²) in [7, 11) is 1.70. The average Bonchev–Trinajstić information content (AvgIpc) is 2.01. The van der Waals surface area contributed by atoms with E-state index in [4.69, 9.17) is 4.74 Å². The number of hydrogen-bond donors (Lipinski definition) is 0. The van der Waals surface area contributed by atoms with Crippen molar-refractivity contribution in [1.82, 2.24) is 0 Å². The first-order valence-electron chi connectivity index (χ1n) is 4.71. The van der Waals surface area contributed by atoms with Crippen LogP contribution in [-0.2, 0) is 5.41 Å². The van der Waals surface area contributed by atoms with Gasteiger partial charge in [-0.1, -0.05) is 26.8 Å². The van der Waals surface area contributed by atoms with Crippen molar-refractivity contribution < 1.29 is 4.74 Å². The zero-order chi connectivity index (χ0) is 10.9. The van der Waals surface area contributed by atoms with Crippen molar-refractivity contribution in [2.24, 2.45) is 0 Å². The van der Waals surface area contributed by atoms with Crippen LogP contribution in [0.1, 0.15) is 31.9 Å². The summed E-state index contributed by atoms with van der Waals surface area (Å²) in [4.78, 5) is 0. The maximum Gasteiger partial charge on any atom is 0.135 e. The fourth-order valence-electron chi connectivity index (χ4n) is 1.42. The predicted octanol–water partition coefficient (Wildman–Crippen LogP) is 4.06. The van der Waals surface area contributed by atoms with E-state index < -0.39 is 0 Å². The molecule has 0 amide bonds. The van der Waals surface area contributed by atoms with Gasteiger partial charge in [0.05, 0.1) is 11.6 Å². The highest BCUT2D eigenvalue weighted by atomic mass is 79.9. The van der Waals surface area contributed by atoms with Crippen LogP contribution in [-0.4, -0.2) is 7.11 Å². The SMILES string of the molecule is COc1c(C)cc(C(C)(C)C)cc1Br. The maximum atomic E-state index is 5.30. The Bertz CT molecular complexity index is 314. The second-order valence-electron chi connectivity index (χ2n) is 4.56. The van der Waals surface area contributed by atoms with E-state index >= 15 is 0 Å². The van der Waals surface area contributed by atoms with Gasteiger partial charge in [-0.3, -0.25) is 0 Å². The lowest BCUT2D eigenvalue weighted by molar-refractivity contribution is 0.408. The Morgan fingerprint density at radius 2 is 1.79 bits per heavy atom. The minimum atomic E-state index is 0.180. The Morgan fingerprint density at radius 3 is 2.14 bits per heavy atom. The van der Waals surface area contributed by atoms with Crippen LogP contribution < -0.4 is 4.74 Å². The maximum absolute atomic E-state index is 5.30. The molecule has 0 radical (unpaired) electrons. The molecule has 0 aliphatic rings. The van der Waals surface area contributed by atoms with Crippen LogP contribution in [0.5, 0.6) is 5.75 Å². The summed E-state index contributed by atoms with van der Waals surface area (Å²) in [5, 5.41) is 0. The van der Waals surface area contributed by atoms with E-state index in [1.165, 1.54) is 11.1 Å². The van der Waals surface area contributed by atoms with Crippen molar-refractivity contribution in [3.8, 4) is 5.75 Å². The van der Waals surface area contributed by atoms with Gasteiger partial charge in [0.15, 0.2) is 0 Å². The molecule has 0 spiro atoms. The van der Waals surface area contributed by atoms with E-state index in [1.807, 2.05) is 0 Å². The molecule has 1 nitrogen and oxygen atoms in total. The number of aryl methyl sites for hydroxylation is 1. The van der Waals surface area contributed by atoms with Gasteiger partial charge in [-0.05, 0) is 45.5 Å². The normalized spacial score (nSPS) is 11.6. The molecule has 0 heterocycles. The molecule has 1 aromatic carbocycles. The van der Waals surface area contributed by atoms with Gasteiger partial charge in [0, 0.05) is 0 Å². The lowest BCUT2D eigenvalue weighted by atomic mass is 9.86. The number of benzene rings is 1. The molecular formula is C12H17BrO. The number of rotatable bonds is 1. The van der Waals surface area contributed by atoms with Crippen molar-refractivity contribution in [3.05, 3.63) is 27.7 Å². The molecule has 0 fully saturated rings. The molecule has 0 unspecified atom stereocenters. The Balaban J connectivity index is 3.28. The van der Waals surface area contributed by atoms with Crippen LogP contribution in [0.2, 0.25) is 0 Å². The molecule has 0 atom stereocenters. The second kappa shape index (κ2) is 3.93. The molecule has 14 heavy (non-hydrogen) atoms. The summed E-state index contributed by atoms with van der Waals surface area (Å²) in [6.45, 7) is 8.70. The van der Waals surface area contributed by atoms with Crippen LogP contribution in [0.3, 0.4) is 0 Å². The summed E-state index contributed by atoms with van der Waals surface area (Å²) >= 11 is 3.53. The Labute approximate surface area is 94.6 Å². The molecule has 0 aromatic heterocycles. The molecule has 78 valence electrons. The molecule has 2 heteroatoms. The highest BCUT2D eigenvalue weighted by molar-refractivity contribution is 9.10. The van der Waals surface area contributed by atoms with Crippen molar-refractivity contribution in [3.63, 3.8) is 0 Å². The summed E-state index contributed by atoms with van der Waals surface area (Å²) in [6.07, 6.45) is 0. The lowest BCUT2D eigenvalue weighted by Gasteiger charge is -2.21. The van der Waals surface area contributed by atoms with Gasteiger partial charge in [0.1, 0.15) is 5.75 Å². The number of methoxy groups -OCH3 is 1. The van der Waals surface area contributed by atoms with Crippen LogP contribution in [0.4, 0.5) is 0 Å². The molecule has 0 aliphatic heterocycles. The molecular weight excluding hydrogens is 240 g/mol. The standard InChI is InChI=1S/C12H17BrO/c1-8-6-9(12(2,3)4)7-10(13)11(8)14-5/h6-7H,1-5H3. The third-order valence-electron chi connectivity index (χ3n) is 2.30. The molecule has 0 saturated carbocycles. The van der Waals surface area contributed by atoms with Gasteiger partial charge in [-0.2, -0.15) is 0 Å². The van der Waals surface area contributed by atoms with E-state index in [9.17, 15) is 0 Å². The largest absolute Gasteiger partial charge is 0.495 e. The van der Waals surface area contributed by atoms with Crippen LogP contribution >= 0.6 is 15.9 Å². The molecule has 0 bridgehead atoms. The highest BCUT2D eigenvalue weighted by Crippen LogP contribution is 2.34. The molecule has 1 aromatic rings. The average molecular weight is 257 g/mol. The van der Waals surface area contributed by atoms with Gasteiger partial charge in [0.2, 0.25) is 0 Å². The zero-order valence-corrected chi connectivity index (χ0v) is 11.0. The predicted molar refractivity (Wildman–Crippen MR) is 64.1 cm³/mol. The smallest absolute Gasteiger partial charge is 0.135 e. The topological polar surface area (TPSA) is 9.23 Å². The quantitative estimate of drug-likeness (QED) is 0.737. The van der Waals surface area contributed by atoms with Crippen molar-refractivity contribution >= 4 is 15.9 Å². The van der Waals surface area contributed by atoms with E-state index in [0.717, 1.165) is 10.2 Å². The molecule has 0 aliphatic carbocycles. The first-order chi connectivity index (χ1) is 6.36. The van der Waals surface area contributed by atoms with Crippen LogP contribution in [0.25, 0.3) is 0 Å². The van der Waals surface area contributed by atoms with Crippen molar-refractivity contribution in [1.29, 1.82) is 0 Å². The fourth-order valence-corrected chi connectivity index (χ4v) is 2.14. The monoisotopic (exact) mass is 256 g/mol. The van der Waals surface area contributed by atoms with Gasteiger partial charge < -0.3 is 4.74 Å². The van der Waals surface area contributed by atoms with Crippen molar-refractivity contribution in [2.45, 2.75) is 33.1 Å². The number of hydrogen-bond acceptors (Lipinski definition) is 1. The van der Waals surface area contributed by atoms with Gasteiger partial charge in [-0.25, -0.2) is 0 Å². The number of ether oxygens (including phenoxy) is 1. The second-order valence-corrected chi connectivity index (χ2v) is 5.41. The Kier molecular flexibility index (Phi) is 3.25. The van der Waals surface area contributed by atoms with E-state index in [1.54, 1.807) is 7.11 Å².